The second-order valence-electron chi connectivity index (χ2n) is 36.7. The quantitative estimate of drug-likeness (QED) is 0.0175. The molecule has 8 aliphatic heterocycles. The molecule has 3 aromatic rings. The van der Waals surface area contributed by atoms with Crippen LogP contribution in [0.2, 0.25) is 0 Å². The second kappa shape index (κ2) is 52.8. The number of hydrogen-bond donors (Lipinski definition) is 5. The molecule has 3 atom stereocenters. The molecule has 5 N–H and O–H groups in total. The Hall–Kier alpha value is -5.12. The summed E-state index contributed by atoms with van der Waals surface area (Å²) in [6.07, 6.45) is 30.8. The number of hydroxylamine groups is 1. The van der Waals surface area contributed by atoms with Crippen molar-refractivity contribution in [3.63, 3.8) is 0 Å². The number of carbonyl (C=O) groups is 4. The van der Waals surface area contributed by atoms with E-state index in [1.807, 2.05) is 23.7 Å². The van der Waals surface area contributed by atoms with E-state index in [4.69, 9.17) is 66.6 Å². The van der Waals surface area contributed by atoms with E-state index >= 15 is 0 Å². The van der Waals surface area contributed by atoms with E-state index in [1.54, 1.807) is 45.0 Å². The molecule has 11 fully saturated rings. The maximum atomic E-state index is 14.0. The fourth-order valence-electron chi connectivity index (χ4n) is 20.3. The molecule has 8 saturated heterocycles. The number of carboxylic acid groups (broad SMARTS) is 1. The second-order valence-corrected chi connectivity index (χ2v) is 39.7. The topological polar surface area (TPSA) is 331 Å². The summed E-state index contributed by atoms with van der Waals surface area (Å²) in [5, 5.41) is 39.2. The molecule has 8 heterocycles. The zero-order valence-electron chi connectivity index (χ0n) is 75.5. The summed E-state index contributed by atoms with van der Waals surface area (Å²) in [6.45, 7) is 26.5. The van der Waals surface area contributed by atoms with Crippen molar-refractivity contribution in [3.05, 3.63) is 118 Å². The summed E-state index contributed by atoms with van der Waals surface area (Å²) in [5.74, 6) is -2.37. The van der Waals surface area contributed by atoms with Gasteiger partial charge in [-0.2, -0.15) is 18.0 Å². The van der Waals surface area contributed by atoms with Gasteiger partial charge in [0.25, 0.3) is 16.0 Å². The summed E-state index contributed by atoms with van der Waals surface area (Å²) in [6, 6.07) is 14.7. The Kier molecular flexibility index (Phi) is 45.9. The average Bonchev–Trinajstić information content (AvgIpc) is 1.59. The number of halogens is 5. The molecule has 125 heavy (non-hydrogen) atoms. The van der Waals surface area contributed by atoms with E-state index in [-0.39, 0.29) is 81.7 Å². The van der Waals surface area contributed by atoms with E-state index < -0.39 is 38.2 Å². The molecule has 3 aromatic carbocycles. The number of rotatable bonds is 20. The highest BCUT2D eigenvalue weighted by molar-refractivity contribution is 9.09. The minimum Gasteiger partial charge on any atom is -0.481 e. The molecule has 0 radical (unpaired) electrons. The maximum Gasteiger partial charge on any atom is 0.373 e. The lowest BCUT2D eigenvalue weighted by Crippen LogP contribution is -2.43. The number of ether oxygens (including phenoxy) is 10. The number of benzene rings is 3. The smallest absolute Gasteiger partial charge is 0.373 e. The van der Waals surface area contributed by atoms with Crippen LogP contribution in [0.15, 0.2) is 67.3 Å². The van der Waals surface area contributed by atoms with Crippen molar-refractivity contribution in [3.8, 4) is 0 Å². The number of alkyl halides is 2. The van der Waals surface area contributed by atoms with Crippen LogP contribution >= 0.6 is 31.9 Å². The molecule has 708 valence electrons. The van der Waals surface area contributed by atoms with Gasteiger partial charge >= 0.3 is 24.1 Å². The van der Waals surface area contributed by atoms with Crippen molar-refractivity contribution in [2.75, 3.05) is 157 Å². The van der Waals surface area contributed by atoms with Crippen molar-refractivity contribution >= 4 is 71.9 Å². The number of methoxy groups -OCH3 is 2. The highest BCUT2D eigenvalue weighted by Crippen LogP contribution is 2.59. The lowest BCUT2D eigenvalue weighted by atomic mass is 9.70. The van der Waals surface area contributed by atoms with Crippen molar-refractivity contribution in [2.45, 2.75) is 243 Å². The van der Waals surface area contributed by atoms with Gasteiger partial charge in [-0.05, 0) is 296 Å². The predicted molar refractivity (Wildman–Crippen MR) is 475 cm³/mol. The van der Waals surface area contributed by atoms with Crippen LogP contribution < -0.4 is 5.48 Å². The highest BCUT2D eigenvalue weighted by Gasteiger charge is 2.58. The van der Waals surface area contributed by atoms with Crippen molar-refractivity contribution in [2.24, 2.45) is 43.8 Å². The fourth-order valence-corrected chi connectivity index (χ4v) is 22.4. The van der Waals surface area contributed by atoms with Crippen LogP contribution in [0.25, 0.3) is 0 Å². The first-order valence-electron chi connectivity index (χ1n) is 44.7. The van der Waals surface area contributed by atoms with Crippen molar-refractivity contribution < 1.29 is 122 Å². The number of aliphatic carboxylic acids is 1. The third kappa shape index (κ3) is 31.0. The molecule has 3 aliphatic carbocycles. The van der Waals surface area contributed by atoms with Gasteiger partial charge in [-0.15, -0.1) is 6.58 Å². The van der Waals surface area contributed by atoms with Gasteiger partial charge in [0.2, 0.25) is 0 Å². The molecule has 0 bridgehead atoms. The molecule has 24 nitrogen and oxygen atoms in total. The Morgan fingerprint density at radius 2 is 0.888 bits per heavy atom. The summed E-state index contributed by atoms with van der Waals surface area (Å²) in [7, 11) is -0.439. The summed E-state index contributed by atoms with van der Waals surface area (Å²) in [4.78, 5) is 64.4. The van der Waals surface area contributed by atoms with E-state index in [0.717, 1.165) is 217 Å². The van der Waals surface area contributed by atoms with Crippen LogP contribution in [-0.4, -0.2) is 216 Å². The minimum absolute atomic E-state index is 0.0486. The number of aliphatic hydroxyl groups excluding tert-OH is 2. The van der Waals surface area contributed by atoms with Gasteiger partial charge in [0.15, 0.2) is 0 Å². The molecule has 30 heteroatoms. The third-order valence-electron chi connectivity index (χ3n) is 29.1. The van der Waals surface area contributed by atoms with Crippen LogP contribution in [0.1, 0.15) is 240 Å². The van der Waals surface area contributed by atoms with Gasteiger partial charge in [-0.3, -0.25) is 28.6 Å². The number of carbonyl (C=O) groups excluding carboxylic acids is 5. The predicted octanol–water partition coefficient (Wildman–Crippen LogP) is 16.9. The normalized spacial score (nSPS) is 24.5. The van der Waals surface area contributed by atoms with Crippen molar-refractivity contribution in [1.29, 1.82) is 0 Å². The average molecular weight is 1920 g/mol. The van der Waals surface area contributed by atoms with Gasteiger partial charge in [0.05, 0.1) is 49.2 Å². The van der Waals surface area contributed by atoms with Gasteiger partial charge < -0.3 is 62.7 Å². The first-order valence-corrected chi connectivity index (χ1v) is 48.8. The van der Waals surface area contributed by atoms with E-state index in [2.05, 4.69) is 57.0 Å². The summed E-state index contributed by atoms with van der Waals surface area (Å²) < 4.78 is 121. The molecule has 1 amide bonds. The number of amides is 1. The number of aliphatic hydroxyl groups is 2. The molecule has 3 unspecified atom stereocenters. The largest absolute Gasteiger partial charge is 0.481 e. The molecule has 0 aromatic heterocycles. The molecule has 14 rings (SSSR count). The Morgan fingerprint density at radius 1 is 0.528 bits per heavy atom. The first kappa shape index (κ1) is 109. The first-order chi connectivity index (χ1) is 59.7. The molecular formula is C95H144Br2F3NO23S. The van der Waals surface area contributed by atoms with Crippen LogP contribution in [0.4, 0.5) is 13.2 Å². The Bertz CT molecular complexity index is 3770. The number of carboxylic acids is 1. The van der Waals surface area contributed by atoms with Crippen molar-refractivity contribution in [1.82, 2.24) is 5.48 Å². The standard InChI is InChI=1S/C18H23FO3.C17H22FNO3.C17H21FO3.C10H20O4S.C9H16O.C8H14Br2O.C8H16O3.C7H12O3.CO2/c1-13-14(4-3-5-15(13)19)18(16(20)21-2)7-6-17(12-18)8-10-22-11-9-17;1-12-13(3-2-4-14(12)18)17(15(20)19-21)6-5-16(11-17)7-9-22-10-8-16;1-12-13(3-2-4-14(12)18)17(15(19)20)6-5-16(11-17)7-9-21-10-8-16;1-3-10(4-7-13-8-5-10)6-9-14-15(2,11)12;1-3-4-9(2)5-7-10-8-6-9;2*9-4-1-8(7-10)2-5-11-6-3-8;1-9-7(8)6-2-4-10-5-3-6;2-1-3/h3-5H,6-12H2,1-2H3;2-4,21H,5-11H2,1H3,(H,19,20);2-4H,5-11H2,1H3,(H,19,20);3-9H2,1-2H3;3H,1,4-8H2,2H3;1-7H2;9-10H,1-7H2;6H,2-5H2,1H3;. The highest BCUT2D eigenvalue weighted by atomic mass is 79.9. The lowest BCUT2D eigenvalue weighted by molar-refractivity contribution is -0.192. The minimum atomic E-state index is -3.29. The third-order valence-corrected chi connectivity index (χ3v) is 31.3. The zero-order valence-corrected chi connectivity index (χ0v) is 79.5. The summed E-state index contributed by atoms with van der Waals surface area (Å²) >= 11 is 7.09. The lowest BCUT2D eigenvalue weighted by Gasteiger charge is -2.36. The number of nitrogens with one attached hydrogen (secondary N) is 1. The molecule has 3 spiro atoms. The van der Waals surface area contributed by atoms with E-state index in [9.17, 15) is 51.1 Å². The van der Waals surface area contributed by atoms with E-state index in [0.29, 0.717) is 117 Å². The van der Waals surface area contributed by atoms with Crippen LogP contribution in [0.3, 0.4) is 0 Å². The number of hydrogen-bond acceptors (Lipinski definition) is 22. The monoisotopic (exact) mass is 1910 g/mol. The Balaban J connectivity index is 0.000000224. The number of allylic oxidation sites excluding steroid dienone is 1. The maximum absolute atomic E-state index is 14.0. The van der Waals surface area contributed by atoms with Gasteiger partial charge in [0.1, 0.15) is 17.5 Å². The van der Waals surface area contributed by atoms with Gasteiger partial charge in [0, 0.05) is 130 Å². The van der Waals surface area contributed by atoms with Gasteiger partial charge in [-0.25, -0.2) is 18.7 Å². The Morgan fingerprint density at radius 3 is 1.25 bits per heavy atom. The van der Waals surface area contributed by atoms with E-state index in [1.165, 1.54) is 64.5 Å². The number of esters is 2. The van der Waals surface area contributed by atoms with Crippen LogP contribution in [-0.2, 0) is 107 Å². The zero-order chi connectivity index (χ0) is 91.9. The molecule has 11 aliphatic rings. The molecule has 3 saturated carbocycles. The van der Waals surface area contributed by atoms with Crippen LogP contribution in [0, 0.1) is 82.0 Å². The molecular weight excluding hydrogens is 1770 g/mol. The van der Waals surface area contributed by atoms with Gasteiger partial charge in [-0.1, -0.05) is 94.6 Å². The SMILES string of the molecule is BrCCC1(CBr)CCOCC1.C=CCC1(C)CCOCC1.CCC1(CCOS(C)(=O)=O)CCOCC1.COC(=O)C1(c2cccc(F)c2C)CCC2(CCOCC2)C1.COC(=O)C1CCOCC1.Cc1c(F)cccc1C1(C(=O)NO)CCC2(CCOCC2)C1.Cc1c(F)cccc1C1(C(=O)O)CCC2(CCOCC2)C1.O=C=O.OCCC1(CO)CCOCC1. The van der Waals surface area contributed by atoms with Crippen LogP contribution in [0.5, 0.6) is 0 Å². The summed E-state index contributed by atoms with van der Waals surface area (Å²) in [5.41, 5.74) is 4.42. The Labute approximate surface area is 757 Å². The fraction of sp³-hybridized carbons (Fsp3) is 0.737.